The van der Waals surface area contributed by atoms with Gasteiger partial charge in [-0.2, -0.15) is 13.2 Å². The summed E-state index contributed by atoms with van der Waals surface area (Å²) >= 11 is 5.97. The zero-order valence-corrected chi connectivity index (χ0v) is 17.5. The average Bonchev–Trinajstić information content (AvgIpc) is 2.65. The molecule has 6 heteroatoms. The van der Waals surface area contributed by atoms with Crippen molar-refractivity contribution in [2.75, 3.05) is 20.6 Å². The fourth-order valence-electron chi connectivity index (χ4n) is 4.48. The molecular formula is C23H27ClF3NO. The normalized spacial score (nSPS) is 25.4. The molecule has 0 aromatic heterocycles. The van der Waals surface area contributed by atoms with Crippen molar-refractivity contribution in [1.82, 2.24) is 4.90 Å². The van der Waals surface area contributed by atoms with Gasteiger partial charge in [-0.05, 0) is 81.1 Å². The zero-order valence-electron chi connectivity index (χ0n) is 16.7. The summed E-state index contributed by atoms with van der Waals surface area (Å²) in [6, 6.07) is 12.8. The molecule has 0 amide bonds. The van der Waals surface area contributed by atoms with Crippen molar-refractivity contribution < 1.29 is 18.3 Å². The van der Waals surface area contributed by atoms with Crippen LogP contribution < -0.4 is 0 Å². The van der Waals surface area contributed by atoms with Gasteiger partial charge in [-0.15, -0.1) is 0 Å². The smallest absolute Gasteiger partial charge is 0.385 e. The van der Waals surface area contributed by atoms with Crippen molar-refractivity contribution in [3.8, 4) is 0 Å². The molecule has 1 fully saturated rings. The molecule has 2 aromatic rings. The first-order valence-electron chi connectivity index (χ1n) is 9.87. The van der Waals surface area contributed by atoms with E-state index in [2.05, 4.69) is 0 Å². The summed E-state index contributed by atoms with van der Waals surface area (Å²) in [5.74, 6) is 0.358. The molecule has 29 heavy (non-hydrogen) atoms. The van der Waals surface area contributed by atoms with Gasteiger partial charge in [-0.1, -0.05) is 35.9 Å². The number of hydrogen-bond donors (Lipinski definition) is 1. The summed E-state index contributed by atoms with van der Waals surface area (Å²) in [6.07, 6.45) is -1.29. The maximum Gasteiger partial charge on any atom is 0.416 e. The summed E-state index contributed by atoms with van der Waals surface area (Å²) in [5, 5.41) is 12.2. The summed E-state index contributed by atoms with van der Waals surface area (Å²) in [7, 11) is 3.91. The molecule has 3 unspecified atom stereocenters. The van der Waals surface area contributed by atoms with Crippen LogP contribution in [-0.2, 0) is 18.2 Å². The molecule has 0 bridgehead atoms. The zero-order chi connectivity index (χ0) is 21.2. The Labute approximate surface area is 175 Å². The van der Waals surface area contributed by atoms with E-state index in [1.54, 1.807) is 0 Å². The highest BCUT2D eigenvalue weighted by molar-refractivity contribution is 6.30. The lowest BCUT2D eigenvalue weighted by atomic mass is 9.66. The second-order valence-corrected chi connectivity index (χ2v) is 8.87. The van der Waals surface area contributed by atoms with Gasteiger partial charge >= 0.3 is 6.18 Å². The van der Waals surface area contributed by atoms with Crippen LogP contribution in [0.4, 0.5) is 13.2 Å². The third-order valence-electron chi connectivity index (χ3n) is 5.96. The topological polar surface area (TPSA) is 23.5 Å². The van der Waals surface area contributed by atoms with Gasteiger partial charge in [0, 0.05) is 17.5 Å². The van der Waals surface area contributed by atoms with Crippen LogP contribution in [0.25, 0.3) is 0 Å². The molecule has 1 aliphatic carbocycles. The molecule has 0 spiro atoms. The molecular weight excluding hydrogens is 399 g/mol. The second kappa shape index (κ2) is 8.66. The van der Waals surface area contributed by atoms with Gasteiger partial charge in [0.1, 0.15) is 0 Å². The minimum atomic E-state index is -4.37. The highest BCUT2D eigenvalue weighted by Crippen LogP contribution is 2.45. The monoisotopic (exact) mass is 425 g/mol. The van der Waals surface area contributed by atoms with E-state index < -0.39 is 17.3 Å². The summed E-state index contributed by atoms with van der Waals surface area (Å²) in [4.78, 5) is 2.03. The Kier molecular flexibility index (Phi) is 6.61. The van der Waals surface area contributed by atoms with Gasteiger partial charge in [0.05, 0.1) is 11.2 Å². The van der Waals surface area contributed by atoms with E-state index in [1.165, 1.54) is 17.7 Å². The standard InChI is InChI=1S/C23H27ClF3NO/c1-28(2)15-20-14-17(13-16-3-9-21(24)10-4-16)11-12-22(20,29)18-5-7-19(8-6-18)23(25,26)27/h3-10,17,20,29H,11-15H2,1-2H3. The van der Waals surface area contributed by atoms with E-state index in [0.717, 1.165) is 31.4 Å². The predicted octanol–water partition coefficient (Wildman–Crippen LogP) is 5.77. The number of alkyl halides is 3. The fourth-order valence-corrected chi connectivity index (χ4v) is 4.60. The molecule has 3 atom stereocenters. The van der Waals surface area contributed by atoms with Crippen LogP contribution in [0.15, 0.2) is 48.5 Å². The molecule has 3 rings (SSSR count). The summed E-state index contributed by atoms with van der Waals surface area (Å²) < 4.78 is 38.7. The van der Waals surface area contributed by atoms with Gasteiger partial charge in [-0.3, -0.25) is 0 Å². The lowest BCUT2D eigenvalue weighted by Crippen LogP contribution is -2.45. The number of halogens is 4. The lowest BCUT2D eigenvalue weighted by molar-refractivity contribution is -0.137. The maximum absolute atomic E-state index is 12.9. The Morgan fingerprint density at radius 3 is 2.24 bits per heavy atom. The minimum absolute atomic E-state index is 0.0553. The van der Waals surface area contributed by atoms with E-state index in [9.17, 15) is 18.3 Å². The molecule has 1 N–H and O–H groups in total. The molecule has 2 aromatic carbocycles. The molecule has 1 saturated carbocycles. The van der Waals surface area contributed by atoms with Crippen LogP contribution in [0.2, 0.25) is 5.02 Å². The van der Waals surface area contributed by atoms with E-state index in [0.29, 0.717) is 29.5 Å². The SMILES string of the molecule is CN(C)CC1CC(Cc2ccc(Cl)cc2)CCC1(O)c1ccc(C(F)(F)F)cc1. The van der Waals surface area contributed by atoms with Gasteiger partial charge in [0.2, 0.25) is 0 Å². The van der Waals surface area contributed by atoms with Crippen molar-refractivity contribution in [1.29, 1.82) is 0 Å². The van der Waals surface area contributed by atoms with Crippen LogP contribution in [0.1, 0.15) is 36.0 Å². The predicted molar refractivity (Wildman–Crippen MR) is 110 cm³/mol. The molecule has 0 radical (unpaired) electrons. The van der Waals surface area contributed by atoms with Gasteiger partial charge in [0.25, 0.3) is 0 Å². The number of benzene rings is 2. The quantitative estimate of drug-likeness (QED) is 0.657. The van der Waals surface area contributed by atoms with E-state index >= 15 is 0 Å². The summed E-state index contributed by atoms with van der Waals surface area (Å²) in [6.45, 7) is 0.675. The van der Waals surface area contributed by atoms with Crippen LogP contribution in [0.5, 0.6) is 0 Å². The Balaban J connectivity index is 1.80. The molecule has 2 nitrogen and oxygen atoms in total. The van der Waals surface area contributed by atoms with Crippen LogP contribution in [0, 0.1) is 11.8 Å². The third kappa shape index (κ3) is 5.33. The highest BCUT2D eigenvalue weighted by Gasteiger charge is 2.43. The molecule has 0 heterocycles. The van der Waals surface area contributed by atoms with Gasteiger partial charge < -0.3 is 10.0 Å². The highest BCUT2D eigenvalue weighted by atomic mass is 35.5. The number of hydrogen-bond acceptors (Lipinski definition) is 2. The largest absolute Gasteiger partial charge is 0.416 e. The van der Waals surface area contributed by atoms with E-state index in [1.807, 2.05) is 43.3 Å². The van der Waals surface area contributed by atoms with Gasteiger partial charge in [0.15, 0.2) is 0 Å². The lowest BCUT2D eigenvalue weighted by Gasteiger charge is -2.44. The summed E-state index contributed by atoms with van der Waals surface area (Å²) in [5.41, 5.74) is -0.0269. The van der Waals surface area contributed by atoms with Crippen molar-refractivity contribution in [3.05, 3.63) is 70.2 Å². The molecule has 1 aliphatic rings. The van der Waals surface area contributed by atoms with Gasteiger partial charge in [-0.25, -0.2) is 0 Å². The first-order valence-corrected chi connectivity index (χ1v) is 10.2. The van der Waals surface area contributed by atoms with E-state index in [4.69, 9.17) is 11.6 Å². The van der Waals surface area contributed by atoms with Crippen molar-refractivity contribution in [3.63, 3.8) is 0 Å². The number of rotatable bonds is 5. The van der Waals surface area contributed by atoms with Crippen molar-refractivity contribution in [2.24, 2.45) is 11.8 Å². The molecule has 158 valence electrons. The average molecular weight is 426 g/mol. The Morgan fingerprint density at radius 2 is 1.69 bits per heavy atom. The Bertz CT molecular complexity index is 804. The van der Waals surface area contributed by atoms with Crippen LogP contribution in [0.3, 0.4) is 0 Å². The number of nitrogens with zero attached hydrogens (tertiary/aromatic N) is 1. The first kappa shape index (κ1) is 22.1. The first-order chi connectivity index (χ1) is 13.6. The Morgan fingerprint density at radius 1 is 1.07 bits per heavy atom. The Hall–Kier alpha value is -1.56. The van der Waals surface area contributed by atoms with Crippen molar-refractivity contribution in [2.45, 2.75) is 37.5 Å². The maximum atomic E-state index is 12.9. The van der Waals surface area contributed by atoms with Crippen LogP contribution in [-0.4, -0.2) is 30.6 Å². The molecule has 0 aliphatic heterocycles. The number of aliphatic hydroxyl groups is 1. The van der Waals surface area contributed by atoms with E-state index in [-0.39, 0.29) is 5.92 Å². The van der Waals surface area contributed by atoms with Crippen molar-refractivity contribution >= 4 is 11.6 Å². The third-order valence-corrected chi connectivity index (χ3v) is 6.21. The fraction of sp³-hybridized carbons (Fsp3) is 0.478. The van der Waals surface area contributed by atoms with Crippen LogP contribution >= 0.6 is 11.6 Å². The second-order valence-electron chi connectivity index (χ2n) is 8.43. The minimum Gasteiger partial charge on any atom is -0.385 e. The molecule has 0 saturated heterocycles.